The molecule has 2 heteroatoms. The molecule has 0 radical (unpaired) electrons. The summed E-state index contributed by atoms with van der Waals surface area (Å²) in [4.78, 5) is 0. The van der Waals surface area contributed by atoms with E-state index in [1.165, 1.54) is 37.7 Å². The smallest absolute Gasteiger partial charge is 0.161 e. The Morgan fingerprint density at radius 1 is 1.21 bits per heavy atom. The molecule has 0 N–H and O–H groups in total. The number of methoxy groups -OCH3 is 1. The van der Waals surface area contributed by atoms with E-state index in [2.05, 4.69) is 30.9 Å². The minimum absolute atomic E-state index is 0.376. The molecule has 0 bridgehead atoms. The quantitative estimate of drug-likeness (QED) is 0.733. The predicted octanol–water partition coefficient (Wildman–Crippen LogP) is 4.31. The summed E-state index contributed by atoms with van der Waals surface area (Å²) in [5.74, 6) is 3.05. The molecule has 1 aromatic carbocycles. The van der Waals surface area contributed by atoms with Gasteiger partial charge in [0.1, 0.15) is 0 Å². The Labute approximate surface area is 115 Å². The van der Waals surface area contributed by atoms with Crippen LogP contribution in [-0.2, 0) is 0 Å². The normalized spacial score (nSPS) is 26.2. The molecule has 2 saturated carbocycles. The van der Waals surface area contributed by atoms with Gasteiger partial charge in [0.25, 0.3) is 0 Å². The second-order valence-electron chi connectivity index (χ2n) is 5.68. The van der Waals surface area contributed by atoms with E-state index in [-0.39, 0.29) is 0 Å². The fourth-order valence-corrected chi connectivity index (χ4v) is 3.06. The monoisotopic (exact) mass is 258 g/mol. The molecule has 2 nitrogen and oxygen atoms in total. The number of rotatable bonds is 5. The zero-order valence-corrected chi connectivity index (χ0v) is 11.6. The third-order valence-corrected chi connectivity index (χ3v) is 4.35. The highest BCUT2D eigenvalue weighted by Crippen LogP contribution is 2.49. The number of hydrogen-bond donors (Lipinski definition) is 0. The Morgan fingerprint density at radius 3 is 2.63 bits per heavy atom. The van der Waals surface area contributed by atoms with Crippen LogP contribution in [0.15, 0.2) is 30.9 Å². The van der Waals surface area contributed by atoms with Gasteiger partial charge >= 0.3 is 0 Å². The van der Waals surface area contributed by atoms with Crippen LogP contribution in [0.5, 0.6) is 11.5 Å². The van der Waals surface area contributed by atoms with Crippen molar-refractivity contribution in [3.8, 4) is 11.5 Å². The molecule has 3 rings (SSSR count). The lowest BCUT2D eigenvalue weighted by Gasteiger charge is -2.16. The van der Waals surface area contributed by atoms with Crippen molar-refractivity contribution in [2.24, 2.45) is 5.92 Å². The standard InChI is InChI=1S/C17H22O2/c1-3-12-10-15(12)13-8-9-16(17(11-13)18-2)19-14-6-4-5-7-14/h3,8-9,11-12,14-15H,1,4-7,10H2,2H3/t12-,15-/m1/s1. The summed E-state index contributed by atoms with van der Waals surface area (Å²) in [6.45, 7) is 3.87. The fourth-order valence-electron chi connectivity index (χ4n) is 3.06. The highest BCUT2D eigenvalue weighted by atomic mass is 16.5. The van der Waals surface area contributed by atoms with Gasteiger partial charge in [-0.25, -0.2) is 0 Å². The minimum atomic E-state index is 0.376. The summed E-state index contributed by atoms with van der Waals surface area (Å²) in [6, 6.07) is 6.39. The van der Waals surface area contributed by atoms with E-state index in [1.54, 1.807) is 7.11 Å². The molecular weight excluding hydrogens is 236 g/mol. The summed E-state index contributed by atoms with van der Waals surface area (Å²) in [5.41, 5.74) is 1.35. The maximum absolute atomic E-state index is 6.06. The van der Waals surface area contributed by atoms with Crippen molar-refractivity contribution in [1.29, 1.82) is 0 Å². The van der Waals surface area contributed by atoms with E-state index in [4.69, 9.17) is 9.47 Å². The average molecular weight is 258 g/mol. The number of ether oxygens (including phenoxy) is 2. The van der Waals surface area contributed by atoms with Crippen LogP contribution in [0.1, 0.15) is 43.6 Å². The second kappa shape index (κ2) is 5.28. The predicted molar refractivity (Wildman–Crippen MR) is 76.9 cm³/mol. The summed E-state index contributed by atoms with van der Waals surface area (Å²) in [7, 11) is 1.72. The fraction of sp³-hybridized carbons (Fsp3) is 0.529. The molecule has 0 unspecified atom stereocenters. The summed E-state index contributed by atoms with van der Waals surface area (Å²) >= 11 is 0. The van der Waals surface area contributed by atoms with E-state index >= 15 is 0 Å². The van der Waals surface area contributed by atoms with Gasteiger partial charge in [-0.05, 0) is 61.6 Å². The topological polar surface area (TPSA) is 18.5 Å². The zero-order valence-electron chi connectivity index (χ0n) is 11.6. The molecule has 0 heterocycles. The van der Waals surface area contributed by atoms with E-state index in [0.29, 0.717) is 17.9 Å². The molecule has 0 saturated heterocycles. The lowest BCUT2D eigenvalue weighted by atomic mass is 10.1. The van der Waals surface area contributed by atoms with Gasteiger partial charge in [0, 0.05) is 0 Å². The van der Waals surface area contributed by atoms with Crippen molar-refractivity contribution < 1.29 is 9.47 Å². The van der Waals surface area contributed by atoms with Gasteiger partial charge in [-0.15, -0.1) is 6.58 Å². The van der Waals surface area contributed by atoms with Crippen LogP contribution in [0.25, 0.3) is 0 Å². The van der Waals surface area contributed by atoms with Crippen LogP contribution < -0.4 is 9.47 Å². The molecule has 2 fully saturated rings. The van der Waals surface area contributed by atoms with Gasteiger partial charge in [0.15, 0.2) is 11.5 Å². The highest BCUT2D eigenvalue weighted by Gasteiger charge is 2.36. The third-order valence-electron chi connectivity index (χ3n) is 4.35. The van der Waals surface area contributed by atoms with Crippen molar-refractivity contribution in [1.82, 2.24) is 0 Å². The van der Waals surface area contributed by atoms with Gasteiger partial charge in [0.05, 0.1) is 13.2 Å². The first-order valence-electron chi connectivity index (χ1n) is 7.29. The minimum Gasteiger partial charge on any atom is -0.493 e. The Kier molecular flexibility index (Phi) is 3.50. The van der Waals surface area contributed by atoms with Crippen molar-refractivity contribution in [2.45, 2.75) is 44.1 Å². The van der Waals surface area contributed by atoms with Crippen molar-refractivity contribution in [3.63, 3.8) is 0 Å². The van der Waals surface area contributed by atoms with Crippen molar-refractivity contribution >= 4 is 0 Å². The summed E-state index contributed by atoms with van der Waals surface area (Å²) in [6.07, 6.45) is 8.57. The van der Waals surface area contributed by atoms with Gasteiger partial charge < -0.3 is 9.47 Å². The van der Waals surface area contributed by atoms with Crippen LogP contribution in [0, 0.1) is 5.92 Å². The molecule has 19 heavy (non-hydrogen) atoms. The molecular formula is C17H22O2. The molecule has 1 aromatic rings. The van der Waals surface area contributed by atoms with Crippen LogP contribution in [0.2, 0.25) is 0 Å². The van der Waals surface area contributed by atoms with Gasteiger partial charge in [-0.2, -0.15) is 0 Å². The van der Waals surface area contributed by atoms with E-state index in [9.17, 15) is 0 Å². The first kappa shape index (κ1) is 12.6. The Balaban J connectivity index is 1.75. The average Bonchev–Trinajstić information content (AvgIpc) is 3.07. The Bertz CT molecular complexity index is 460. The largest absolute Gasteiger partial charge is 0.493 e. The zero-order chi connectivity index (χ0) is 13.2. The van der Waals surface area contributed by atoms with E-state index < -0.39 is 0 Å². The summed E-state index contributed by atoms with van der Waals surface area (Å²) < 4.78 is 11.6. The van der Waals surface area contributed by atoms with Crippen LogP contribution in [0.3, 0.4) is 0 Å². The van der Waals surface area contributed by atoms with Crippen LogP contribution >= 0.6 is 0 Å². The highest BCUT2D eigenvalue weighted by molar-refractivity contribution is 5.45. The van der Waals surface area contributed by atoms with Gasteiger partial charge in [-0.1, -0.05) is 12.1 Å². The summed E-state index contributed by atoms with van der Waals surface area (Å²) in [5, 5.41) is 0. The molecule has 102 valence electrons. The molecule has 2 atom stereocenters. The molecule has 0 aromatic heterocycles. The lowest BCUT2D eigenvalue weighted by molar-refractivity contribution is 0.200. The Hall–Kier alpha value is -1.44. The molecule has 0 spiro atoms. The SMILES string of the molecule is C=C[C@@H]1C[C@H]1c1ccc(OC2CCCC2)c(OC)c1. The molecule has 0 aliphatic heterocycles. The number of allylic oxidation sites excluding steroid dienone is 1. The molecule has 2 aliphatic carbocycles. The van der Waals surface area contributed by atoms with Crippen LogP contribution in [-0.4, -0.2) is 13.2 Å². The van der Waals surface area contributed by atoms with Gasteiger partial charge in [0.2, 0.25) is 0 Å². The third kappa shape index (κ3) is 2.63. The number of benzene rings is 1. The molecule has 0 amide bonds. The first-order chi connectivity index (χ1) is 9.31. The van der Waals surface area contributed by atoms with E-state index in [0.717, 1.165) is 11.5 Å². The van der Waals surface area contributed by atoms with E-state index in [1.807, 2.05) is 0 Å². The maximum Gasteiger partial charge on any atom is 0.161 e. The van der Waals surface area contributed by atoms with Crippen molar-refractivity contribution in [3.05, 3.63) is 36.4 Å². The number of hydrogen-bond acceptors (Lipinski definition) is 2. The molecule has 2 aliphatic rings. The second-order valence-corrected chi connectivity index (χ2v) is 5.68. The Morgan fingerprint density at radius 2 is 2.00 bits per heavy atom. The van der Waals surface area contributed by atoms with Crippen molar-refractivity contribution in [2.75, 3.05) is 7.11 Å². The first-order valence-corrected chi connectivity index (χ1v) is 7.29. The maximum atomic E-state index is 6.06. The lowest BCUT2D eigenvalue weighted by Crippen LogP contribution is -2.11. The van der Waals surface area contributed by atoms with Gasteiger partial charge in [-0.3, -0.25) is 0 Å². The van der Waals surface area contributed by atoms with Crippen LogP contribution in [0.4, 0.5) is 0 Å².